The van der Waals surface area contributed by atoms with Crippen molar-refractivity contribution in [2.45, 2.75) is 19.3 Å². The maximum absolute atomic E-state index is 11.1. The van der Waals surface area contributed by atoms with Crippen molar-refractivity contribution in [3.63, 3.8) is 0 Å². The number of aldehydes is 1. The van der Waals surface area contributed by atoms with E-state index in [1.54, 1.807) is 0 Å². The fraction of sp³-hybridized carbons (Fsp3) is 0.417. The lowest BCUT2D eigenvalue weighted by Crippen LogP contribution is -2.48. The maximum atomic E-state index is 11.1. The molecule has 0 spiro atoms. The lowest BCUT2D eigenvalue weighted by Gasteiger charge is -2.37. The Hall–Kier alpha value is -1.15. The van der Waals surface area contributed by atoms with E-state index in [1.807, 2.05) is 19.1 Å². The average molecular weight is 190 g/mol. The molecule has 0 aliphatic carbocycles. The van der Waals surface area contributed by atoms with E-state index in [1.165, 1.54) is 11.1 Å². The van der Waals surface area contributed by atoms with Gasteiger partial charge in [0.25, 0.3) is 0 Å². The van der Waals surface area contributed by atoms with Crippen LogP contribution in [0.25, 0.3) is 0 Å². The minimum Gasteiger partial charge on any atom is -0.379 e. The molecule has 1 saturated heterocycles. The van der Waals surface area contributed by atoms with E-state index in [2.05, 4.69) is 13.0 Å². The molecule has 1 fully saturated rings. The van der Waals surface area contributed by atoms with Crippen molar-refractivity contribution < 1.29 is 9.53 Å². The van der Waals surface area contributed by atoms with E-state index in [0.29, 0.717) is 13.2 Å². The maximum Gasteiger partial charge on any atom is 0.135 e. The summed E-state index contributed by atoms with van der Waals surface area (Å²) in [7, 11) is 0. The van der Waals surface area contributed by atoms with Crippen LogP contribution in [0.15, 0.2) is 18.2 Å². The molecule has 74 valence electrons. The second-order valence-electron chi connectivity index (χ2n) is 4.09. The molecule has 0 amide bonds. The lowest BCUT2D eigenvalue weighted by molar-refractivity contribution is -0.129. The molecule has 2 heteroatoms. The second kappa shape index (κ2) is 3.21. The van der Waals surface area contributed by atoms with Crippen molar-refractivity contribution in [3.05, 3.63) is 34.9 Å². The smallest absolute Gasteiger partial charge is 0.135 e. The standard InChI is InChI=1S/C12H14O2/c1-9-3-4-11(10(2)5-9)12(6-13)7-14-8-12/h3-6H,7-8H2,1-2H3. The Morgan fingerprint density at radius 3 is 2.50 bits per heavy atom. The molecule has 2 nitrogen and oxygen atoms in total. The minimum absolute atomic E-state index is 0.363. The van der Waals surface area contributed by atoms with Gasteiger partial charge in [-0.15, -0.1) is 0 Å². The molecule has 0 atom stereocenters. The Morgan fingerprint density at radius 2 is 2.07 bits per heavy atom. The van der Waals surface area contributed by atoms with E-state index in [-0.39, 0.29) is 5.41 Å². The van der Waals surface area contributed by atoms with Gasteiger partial charge in [-0.3, -0.25) is 0 Å². The van der Waals surface area contributed by atoms with Crippen LogP contribution in [0.1, 0.15) is 16.7 Å². The number of aryl methyl sites for hydroxylation is 2. The molecule has 14 heavy (non-hydrogen) atoms. The van der Waals surface area contributed by atoms with Gasteiger partial charge in [0.05, 0.1) is 18.6 Å². The highest BCUT2D eigenvalue weighted by atomic mass is 16.5. The highest BCUT2D eigenvalue weighted by Gasteiger charge is 2.41. The number of carbonyl (C=O) groups is 1. The van der Waals surface area contributed by atoms with Crippen LogP contribution >= 0.6 is 0 Å². The lowest BCUT2D eigenvalue weighted by atomic mass is 9.78. The van der Waals surface area contributed by atoms with Gasteiger partial charge in [-0.2, -0.15) is 0 Å². The molecule has 0 N–H and O–H groups in total. The second-order valence-corrected chi connectivity index (χ2v) is 4.09. The molecular formula is C12H14O2. The molecule has 1 aliphatic heterocycles. The first-order valence-electron chi connectivity index (χ1n) is 4.80. The largest absolute Gasteiger partial charge is 0.379 e. The summed E-state index contributed by atoms with van der Waals surface area (Å²) in [6, 6.07) is 6.20. The molecule has 0 unspecified atom stereocenters. The van der Waals surface area contributed by atoms with Crippen molar-refractivity contribution in [3.8, 4) is 0 Å². The summed E-state index contributed by atoms with van der Waals surface area (Å²) in [4.78, 5) is 11.1. The number of benzene rings is 1. The molecule has 0 radical (unpaired) electrons. The Labute approximate surface area is 83.9 Å². The summed E-state index contributed by atoms with van der Waals surface area (Å²) in [5, 5.41) is 0. The van der Waals surface area contributed by atoms with Crippen LogP contribution in [0.5, 0.6) is 0 Å². The van der Waals surface area contributed by atoms with Crippen molar-refractivity contribution in [2.24, 2.45) is 0 Å². The van der Waals surface area contributed by atoms with Crippen LogP contribution in [0.3, 0.4) is 0 Å². The van der Waals surface area contributed by atoms with Gasteiger partial charge in [0.2, 0.25) is 0 Å². The van der Waals surface area contributed by atoms with E-state index >= 15 is 0 Å². The highest BCUT2D eigenvalue weighted by Crippen LogP contribution is 2.32. The molecular weight excluding hydrogens is 176 g/mol. The van der Waals surface area contributed by atoms with Gasteiger partial charge in [0.1, 0.15) is 6.29 Å². The van der Waals surface area contributed by atoms with E-state index < -0.39 is 0 Å². The molecule has 0 bridgehead atoms. The predicted octanol–water partition coefficient (Wildman–Crippen LogP) is 1.77. The molecule has 1 aromatic carbocycles. The van der Waals surface area contributed by atoms with Gasteiger partial charge in [-0.05, 0) is 25.0 Å². The fourth-order valence-corrected chi connectivity index (χ4v) is 1.98. The van der Waals surface area contributed by atoms with Crippen molar-refractivity contribution >= 4 is 6.29 Å². The summed E-state index contributed by atoms with van der Waals surface area (Å²) < 4.78 is 5.14. The SMILES string of the molecule is Cc1ccc(C2(C=O)COC2)c(C)c1. The third kappa shape index (κ3) is 1.26. The zero-order valence-corrected chi connectivity index (χ0v) is 8.54. The average Bonchev–Trinajstić information content (AvgIpc) is 2.07. The zero-order valence-electron chi connectivity index (χ0n) is 8.54. The fourth-order valence-electron chi connectivity index (χ4n) is 1.98. The normalized spacial score (nSPS) is 18.7. The first kappa shape index (κ1) is 9.41. The van der Waals surface area contributed by atoms with Gasteiger partial charge >= 0.3 is 0 Å². The van der Waals surface area contributed by atoms with Crippen LogP contribution in [-0.2, 0) is 14.9 Å². The first-order chi connectivity index (χ1) is 6.68. The quantitative estimate of drug-likeness (QED) is 0.664. The first-order valence-corrected chi connectivity index (χ1v) is 4.80. The van der Waals surface area contributed by atoms with Crippen molar-refractivity contribution in [1.29, 1.82) is 0 Å². The third-order valence-corrected chi connectivity index (χ3v) is 2.86. The number of rotatable bonds is 2. The summed E-state index contributed by atoms with van der Waals surface area (Å²) in [5.74, 6) is 0. The number of carbonyl (C=O) groups excluding carboxylic acids is 1. The Morgan fingerprint density at radius 1 is 1.36 bits per heavy atom. The van der Waals surface area contributed by atoms with Crippen LogP contribution in [0.4, 0.5) is 0 Å². The molecule has 1 aromatic rings. The third-order valence-electron chi connectivity index (χ3n) is 2.86. The Balaban J connectivity index is 2.45. The number of ether oxygens (including phenoxy) is 1. The summed E-state index contributed by atoms with van der Waals surface area (Å²) in [6.45, 7) is 5.16. The van der Waals surface area contributed by atoms with E-state index in [9.17, 15) is 4.79 Å². The van der Waals surface area contributed by atoms with Crippen LogP contribution in [-0.4, -0.2) is 19.5 Å². The molecule has 1 aliphatic rings. The van der Waals surface area contributed by atoms with Gasteiger partial charge in [-0.25, -0.2) is 0 Å². The van der Waals surface area contributed by atoms with Gasteiger partial charge in [0, 0.05) is 0 Å². The predicted molar refractivity (Wildman–Crippen MR) is 54.5 cm³/mol. The van der Waals surface area contributed by atoms with Gasteiger partial charge in [-0.1, -0.05) is 23.8 Å². The summed E-state index contributed by atoms with van der Waals surface area (Å²) in [5.41, 5.74) is 3.16. The Kier molecular flexibility index (Phi) is 2.16. The van der Waals surface area contributed by atoms with Gasteiger partial charge in [0.15, 0.2) is 0 Å². The summed E-state index contributed by atoms with van der Waals surface area (Å²) >= 11 is 0. The zero-order chi connectivity index (χ0) is 10.2. The number of hydrogen-bond acceptors (Lipinski definition) is 2. The van der Waals surface area contributed by atoms with Crippen LogP contribution < -0.4 is 0 Å². The highest BCUT2D eigenvalue weighted by molar-refractivity contribution is 5.71. The topological polar surface area (TPSA) is 26.3 Å². The molecule has 2 rings (SSSR count). The van der Waals surface area contributed by atoms with E-state index in [0.717, 1.165) is 11.8 Å². The Bertz CT molecular complexity index is 365. The molecule has 0 saturated carbocycles. The monoisotopic (exact) mass is 190 g/mol. The van der Waals surface area contributed by atoms with Crippen molar-refractivity contribution in [1.82, 2.24) is 0 Å². The molecule has 0 aromatic heterocycles. The van der Waals surface area contributed by atoms with Gasteiger partial charge < -0.3 is 9.53 Å². The number of hydrogen-bond donors (Lipinski definition) is 0. The van der Waals surface area contributed by atoms with Crippen molar-refractivity contribution in [2.75, 3.05) is 13.2 Å². The molecule has 1 heterocycles. The minimum atomic E-state index is -0.363. The van der Waals surface area contributed by atoms with E-state index in [4.69, 9.17) is 4.74 Å². The van der Waals surface area contributed by atoms with Crippen LogP contribution in [0, 0.1) is 13.8 Å². The summed E-state index contributed by atoms with van der Waals surface area (Å²) in [6.07, 6.45) is 1.02. The van der Waals surface area contributed by atoms with Crippen LogP contribution in [0.2, 0.25) is 0 Å².